The normalized spacial score (nSPS) is 17.9. The van der Waals surface area contributed by atoms with Crippen LogP contribution < -0.4 is 16.8 Å². The van der Waals surface area contributed by atoms with Crippen molar-refractivity contribution in [1.82, 2.24) is 20.2 Å². The van der Waals surface area contributed by atoms with Gasteiger partial charge in [-0.1, -0.05) is 32.4 Å². The molecule has 0 radical (unpaired) electrons. The fraction of sp³-hybridized carbons (Fsp3) is 0.542. The van der Waals surface area contributed by atoms with Gasteiger partial charge in [-0.05, 0) is 45.6 Å². The Hall–Kier alpha value is -2.83. The average molecular weight is 426 g/mol. The summed E-state index contributed by atoms with van der Waals surface area (Å²) < 4.78 is 0. The van der Waals surface area contributed by atoms with Gasteiger partial charge in [0.25, 0.3) is 0 Å². The number of nitrogens with zero attached hydrogens (tertiary/aromatic N) is 4. The van der Waals surface area contributed by atoms with Crippen LogP contribution in [0.2, 0.25) is 0 Å². The lowest BCUT2D eigenvalue weighted by Crippen LogP contribution is -2.34. The second-order valence-electron chi connectivity index (χ2n) is 8.20. The molecule has 2 fully saturated rings. The Balaban J connectivity index is 0.000000221. The molecule has 2 aliphatic rings. The molecule has 0 unspecified atom stereocenters. The van der Waals surface area contributed by atoms with Gasteiger partial charge in [0, 0.05) is 54.2 Å². The molecule has 0 atom stereocenters. The molecule has 3 rings (SSSR count). The Morgan fingerprint density at radius 2 is 2.06 bits per heavy atom. The number of likely N-dealkylation sites (tertiary alicyclic amines) is 1. The maximum absolute atomic E-state index is 5.75. The van der Waals surface area contributed by atoms with Crippen LogP contribution in [-0.2, 0) is 0 Å². The number of nitrogens with one attached hydrogen (secondary N) is 1. The topological polar surface area (TPSA) is 105 Å². The second kappa shape index (κ2) is 12.8. The minimum Gasteiger partial charge on any atom is -0.402 e. The summed E-state index contributed by atoms with van der Waals surface area (Å²) in [4.78, 5) is 14.4. The lowest BCUT2D eigenvalue weighted by molar-refractivity contribution is 0.367. The largest absolute Gasteiger partial charge is 0.402 e. The van der Waals surface area contributed by atoms with Crippen molar-refractivity contribution in [2.24, 2.45) is 10.7 Å². The third-order valence-corrected chi connectivity index (χ3v) is 5.51. The van der Waals surface area contributed by atoms with Crippen LogP contribution in [-0.4, -0.2) is 46.8 Å². The van der Waals surface area contributed by atoms with E-state index in [1.807, 2.05) is 6.92 Å². The zero-order valence-electron chi connectivity index (χ0n) is 19.2. The molecule has 0 aromatic carbocycles. The second-order valence-corrected chi connectivity index (χ2v) is 8.20. The van der Waals surface area contributed by atoms with E-state index in [1.165, 1.54) is 49.9 Å². The van der Waals surface area contributed by atoms with Gasteiger partial charge < -0.3 is 21.7 Å². The van der Waals surface area contributed by atoms with E-state index in [2.05, 4.69) is 38.3 Å². The highest BCUT2D eigenvalue weighted by molar-refractivity contribution is 6.09. The predicted molar refractivity (Wildman–Crippen MR) is 131 cm³/mol. The molecule has 0 spiro atoms. The molecule has 1 saturated carbocycles. The summed E-state index contributed by atoms with van der Waals surface area (Å²) in [5.41, 5.74) is 15.8. The highest BCUT2D eigenvalue weighted by Crippen LogP contribution is 2.21. The van der Waals surface area contributed by atoms with Gasteiger partial charge in [-0.2, -0.15) is 0 Å². The molecule has 31 heavy (non-hydrogen) atoms. The Kier molecular flexibility index (Phi) is 10.1. The first kappa shape index (κ1) is 24.4. The Bertz CT molecular complexity index is 787. The maximum Gasteiger partial charge on any atom is 0.220 e. The van der Waals surface area contributed by atoms with Crippen LogP contribution in [0, 0.1) is 0 Å². The molecule has 2 heterocycles. The number of nitrogen functional groups attached to an aromatic ring is 1. The molecule has 170 valence electrons. The van der Waals surface area contributed by atoms with E-state index in [0.717, 1.165) is 25.1 Å². The van der Waals surface area contributed by atoms with E-state index in [0.29, 0.717) is 24.0 Å². The van der Waals surface area contributed by atoms with Crippen molar-refractivity contribution in [3.8, 4) is 0 Å². The molecular weight excluding hydrogens is 386 g/mol. The SMILES string of the molecule is C=C(CN1CCCC1=C)NC1CCCCC1.CCN=C/C(=C(\C)N)c1ccnc(N)n1. The van der Waals surface area contributed by atoms with Crippen LogP contribution in [0.4, 0.5) is 5.95 Å². The van der Waals surface area contributed by atoms with Crippen LogP contribution in [0.25, 0.3) is 5.57 Å². The van der Waals surface area contributed by atoms with E-state index in [4.69, 9.17) is 11.5 Å². The first-order chi connectivity index (χ1) is 14.9. The van der Waals surface area contributed by atoms with E-state index in [1.54, 1.807) is 25.4 Å². The number of nitrogens with two attached hydrogens (primary N) is 2. The van der Waals surface area contributed by atoms with Gasteiger partial charge in [-0.15, -0.1) is 0 Å². The standard InChI is InChI=1S/C14H24N2.C10H15N5/c1-12(11-16-10-6-7-13(16)2)15-14-8-4-3-5-9-14;1-3-13-6-8(7(2)11)9-4-5-14-10(12)15-9/h14-15H,1-11H2;4-6H,3,11H2,1-2H3,(H2,12,14,15)/b;8-7-,13-6?. The summed E-state index contributed by atoms with van der Waals surface area (Å²) in [7, 11) is 0. The molecule has 7 nitrogen and oxygen atoms in total. The van der Waals surface area contributed by atoms with Gasteiger partial charge in [-0.3, -0.25) is 4.99 Å². The van der Waals surface area contributed by atoms with E-state index >= 15 is 0 Å². The predicted octanol–water partition coefficient (Wildman–Crippen LogP) is 3.87. The first-order valence-corrected chi connectivity index (χ1v) is 11.3. The molecule has 1 aliphatic heterocycles. The minimum atomic E-state index is 0.233. The summed E-state index contributed by atoms with van der Waals surface area (Å²) >= 11 is 0. The molecule has 1 aromatic rings. The van der Waals surface area contributed by atoms with E-state index in [9.17, 15) is 0 Å². The van der Waals surface area contributed by atoms with Crippen LogP contribution in [0.5, 0.6) is 0 Å². The fourth-order valence-electron chi connectivity index (χ4n) is 3.87. The Morgan fingerprint density at radius 3 is 2.65 bits per heavy atom. The summed E-state index contributed by atoms with van der Waals surface area (Å²) in [5, 5.41) is 3.59. The van der Waals surface area contributed by atoms with Crippen molar-refractivity contribution in [2.75, 3.05) is 25.4 Å². The summed E-state index contributed by atoms with van der Waals surface area (Å²) in [6.45, 7) is 14.8. The zero-order chi connectivity index (χ0) is 22.6. The Morgan fingerprint density at radius 1 is 1.32 bits per heavy atom. The van der Waals surface area contributed by atoms with E-state index < -0.39 is 0 Å². The van der Waals surface area contributed by atoms with Crippen molar-refractivity contribution in [3.05, 3.63) is 48.2 Å². The zero-order valence-corrected chi connectivity index (χ0v) is 19.2. The van der Waals surface area contributed by atoms with Crippen LogP contribution in [0.1, 0.15) is 64.5 Å². The molecule has 1 saturated heterocycles. The van der Waals surface area contributed by atoms with Gasteiger partial charge in [0.05, 0.1) is 12.2 Å². The number of anilines is 1. The van der Waals surface area contributed by atoms with Crippen molar-refractivity contribution < 1.29 is 0 Å². The van der Waals surface area contributed by atoms with Gasteiger partial charge in [0.15, 0.2) is 0 Å². The maximum atomic E-state index is 5.75. The summed E-state index contributed by atoms with van der Waals surface area (Å²) in [6, 6.07) is 2.43. The quantitative estimate of drug-likeness (QED) is 0.573. The highest BCUT2D eigenvalue weighted by Gasteiger charge is 2.17. The Labute approximate surface area is 187 Å². The molecule has 0 amide bonds. The van der Waals surface area contributed by atoms with Crippen molar-refractivity contribution in [3.63, 3.8) is 0 Å². The third kappa shape index (κ3) is 8.44. The molecular formula is C24H39N7. The number of allylic oxidation sites excluding steroid dienone is 3. The summed E-state index contributed by atoms with van der Waals surface area (Å²) in [5.74, 6) is 0.233. The summed E-state index contributed by atoms with van der Waals surface area (Å²) in [6.07, 6.45) is 12.5. The van der Waals surface area contributed by atoms with E-state index in [-0.39, 0.29) is 5.95 Å². The smallest absolute Gasteiger partial charge is 0.220 e. The van der Waals surface area contributed by atoms with Gasteiger partial charge >= 0.3 is 0 Å². The number of hydrogen-bond donors (Lipinski definition) is 3. The first-order valence-electron chi connectivity index (χ1n) is 11.3. The lowest BCUT2D eigenvalue weighted by Gasteiger charge is -2.27. The number of aliphatic imine (C=N–C) groups is 1. The number of hydrogen-bond acceptors (Lipinski definition) is 7. The van der Waals surface area contributed by atoms with Gasteiger partial charge in [0.1, 0.15) is 0 Å². The monoisotopic (exact) mass is 425 g/mol. The van der Waals surface area contributed by atoms with Crippen LogP contribution >= 0.6 is 0 Å². The van der Waals surface area contributed by atoms with Crippen LogP contribution in [0.15, 0.2) is 47.5 Å². The molecule has 7 heteroatoms. The minimum absolute atomic E-state index is 0.233. The molecule has 1 aromatic heterocycles. The van der Waals surface area contributed by atoms with Gasteiger partial charge in [0.2, 0.25) is 5.95 Å². The fourth-order valence-corrected chi connectivity index (χ4v) is 3.87. The molecule has 0 bridgehead atoms. The number of rotatable bonds is 7. The average Bonchev–Trinajstić information content (AvgIpc) is 3.13. The number of aromatic nitrogens is 2. The molecule has 5 N–H and O–H groups in total. The van der Waals surface area contributed by atoms with Crippen molar-refractivity contribution >= 4 is 17.7 Å². The molecule has 1 aliphatic carbocycles. The van der Waals surface area contributed by atoms with Gasteiger partial charge in [-0.25, -0.2) is 9.97 Å². The van der Waals surface area contributed by atoms with Crippen molar-refractivity contribution in [2.45, 2.75) is 64.8 Å². The van der Waals surface area contributed by atoms with Crippen LogP contribution in [0.3, 0.4) is 0 Å². The third-order valence-electron chi connectivity index (χ3n) is 5.51. The van der Waals surface area contributed by atoms with Crippen molar-refractivity contribution in [1.29, 1.82) is 0 Å². The lowest BCUT2D eigenvalue weighted by atomic mass is 9.95. The highest BCUT2D eigenvalue weighted by atomic mass is 15.2.